The summed E-state index contributed by atoms with van der Waals surface area (Å²) in [7, 11) is 2.18. The molecule has 2 heterocycles. The van der Waals surface area contributed by atoms with Gasteiger partial charge in [0.15, 0.2) is 5.96 Å². The maximum Gasteiger partial charge on any atom is 0.191 e. The minimum atomic E-state index is 0.393. The van der Waals surface area contributed by atoms with Gasteiger partial charge in [0.05, 0.1) is 6.54 Å². The van der Waals surface area contributed by atoms with Gasteiger partial charge < -0.3 is 25.3 Å². The van der Waals surface area contributed by atoms with Gasteiger partial charge in [-0.15, -0.1) is 0 Å². The number of anilines is 1. The van der Waals surface area contributed by atoms with Crippen molar-refractivity contribution in [3.8, 4) is 0 Å². The van der Waals surface area contributed by atoms with E-state index in [2.05, 4.69) is 71.1 Å². The Hall–Kier alpha value is -1.86. The Morgan fingerprint density at radius 1 is 1.20 bits per heavy atom. The van der Waals surface area contributed by atoms with Crippen LogP contribution in [-0.2, 0) is 6.54 Å². The van der Waals surface area contributed by atoms with Gasteiger partial charge >= 0.3 is 0 Å². The van der Waals surface area contributed by atoms with Gasteiger partial charge in [0, 0.05) is 50.5 Å². The van der Waals surface area contributed by atoms with Crippen molar-refractivity contribution in [2.75, 3.05) is 64.3 Å². The first-order valence-corrected chi connectivity index (χ1v) is 11.7. The molecule has 1 aliphatic rings. The summed E-state index contributed by atoms with van der Waals surface area (Å²) in [6, 6.07) is 4.56. The van der Waals surface area contributed by atoms with E-state index >= 15 is 0 Å². The Morgan fingerprint density at radius 2 is 1.93 bits per heavy atom. The van der Waals surface area contributed by atoms with Crippen LogP contribution in [0.2, 0.25) is 0 Å². The highest BCUT2D eigenvalue weighted by Crippen LogP contribution is 2.19. The minimum absolute atomic E-state index is 0.393. The Balaban J connectivity index is 1.94. The standard InChI is InChI=1S/C23H43N7/c1-6-24-23(27-20(4)11-10-14-29(7-2)8-3)26-19-21-12-9-13-25-22(21)30-17-15-28(5)16-18-30/h9,12-13,20H,6-8,10-11,14-19H2,1-5H3,(H2,24,26,27). The maximum atomic E-state index is 4.88. The SMILES string of the molecule is CCNC(=NCc1cccnc1N1CCN(C)CC1)NC(C)CCCN(CC)CC. The molecule has 2 N–H and O–H groups in total. The largest absolute Gasteiger partial charge is 0.357 e. The van der Waals surface area contributed by atoms with Crippen LogP contribution in [0.25, 0.3) is 0 Å². The zero-order chi connectivity index (χ0) is 21.8. The second-order valence-corrected chi connectivity index (χ2v) is 8.19. The van der Waals surface area contributed by atoms with Crippen molar-refractivity contribution >= 4 is 11.8 Å². The molecule has 30 heavy (non-hydrogen) atoms. The van der Waals surface area contributed by atoms with Crippen molar-refractivity contribution in [3.05, 3.63) is 23.9 Å². The van der Waals surface area contributed by atoms with Gasteiger partial charge in [-0.1, -0.05) is 19.9 Å². The van der Waals surface area contributed by atoms with Crippen molar-refractivity contribution in [1.82, 2.24) is 25.4 Å². The molecule has 7 heteroatoms. The number of guanidine groups is 1. The molecular weight excluding hydrogens is 374 g/mol. The first kappa shape index (κ1) is 24.4. The van der Waals surface area contributed by atoms with Crippen molar-refractivity contribution in [2.24, 2.45) is 4.99 Å². The smallest absolute Gasteiger partial charge is 0.191 e. The van der Waals surface area contributed by atoms with Gasteiger partial charge in [0.25, 0.3) is 0 Å². The predicted molar refractivity (Wildman–Crippen MR) is 128 cm³/mol. The Morgan fingerprint density at radius 3 is 2.60 bits per heavy atom. The molecule has 170 valence electrons. The summed E-state index contributed by atoms with van der Waals surface area (Å²) in [4.78, 5) is 16.8. The van der Waals surface area contributed by atoms with Gasteiger partial charge in [-0.2, -0.15) is 0 Å². The number of nitrogens with one attached hydrogen (secondary N) is 2. The molecule has 1 unspecified atom stereocenters. The summed E-state index contributed by atoms with van der Waals surface area (Å²) in [6.45, 7) is 17.9. The van der Waals surface area contributed by atoms with E-state index in [0.29, 0.717) is 12.6 Å². The molecule has 1 aliphatic heterocycles. The van der Waals surface area contributed by atoms with Gasteiger partial charge in [0.1, 0.15) is 5.82 Å². The molecule has 1 saturated heterocycles. The number of piperazine rings is 1. The molecule has 0 amide bonds. The summed E-state index contributed by atoms with van der Waals surface area (Å²) in [5.41, 5.74) is 1.19. The Kier molecular flexibility index (Phi) is 10.9. The van der Waals surface area contributed by atoms with Crippen LogP contribution in [0.4, 0.5) is 5.82 Å². The molecule has 0 radical (unpaired) electrons. The number of nitrogens with zero attached hydrogens (tertiary/aromatic N) is 5. The van der Waals surface area contributed by atoms with Crippen LogP contribution in [0, 0.1) is 0 Å². The van der Waals surface area contributed by atoms with E-state index in [1.165, 1.54) is 12.0 Å². The first-order valence-electron chi connectivity index (χ1n) is 11.7. The third-order valence-corrected chi connectivity index (χ3v) is 5.81. The summed E-state index contributed by atoms with van der Waals surface area (Å²) in [6.07, 6.45) is 4.23. The highest BCUT2D eigenvalue weighted by Gasteiger charge is 2.18. The summed E-state index contributed by atoms with van der Waals surface area (Å²) in [5, 5.41) is 6.98. The lowest BCUT2D eigenvalue weighted by Crippen LogP contribution is -2.45. The van der Waals surface area contributed by atoms with E-state index < -0.39 is 0 Å². The molecule has 0 spiro atoms. The fraction of sp³-hybridized carbons (Fsp3) is 0.739. The third kappa shape index (κ3) is 8.11. The van der Waals surface area contributed by atoms with Crippen molar-refractivity contribution in [2.45, 2.75) is 53.1 Å². The lowest BCUT2D eigenvalue weighted by Gasteiger charge is -2.34. The van der Waals surface area contributed by atoms with E-state index in [4.69, 9.17) is 4.99 Å². The molecule has 0 bridgehead atoms. The highest BCUT2D eigenvalue weighted by atomic mass is 15.3. The van der Waals surface area contributed by atoms with E-state index in [1.807, 2.05) is 12.3 Å². The normalized spacial score (nSPS) is 16.7. The maximum absolute atomic E-state index is 4.88. The van der Waals surface area contributed by atoms with E-state index in [0.717, 1.165) is 70.6 Å². The van der Waals surface area contributed by atoms with Gasteiger partial charge in [0.2, 0.25) is 0 Å². The Bertz CT molecular complexity index is 622. The number of aromatic nitrogens is 1. The van der Waals surface area contributed by atoms with Crippen LogP contribution in [0.3, 0.4) is 0 Å². The van der Waals surface area contributed by atoms with Crippen LogP contribution in [-0.4, -0.2) is 86.2 Å². The number of hydrogen-bond donors (Lipinski definition) is 2. The number of pyridine rings is 1. The van der Waals surface area contributed by atoms with Gasteiger partial charge in [-0.25, -0.2) is 9.98 Å². The molecular formula is C23H43N7. The van der Waals surface area contributed by atoms with Crippen molar-refractivity contribution in [3.63, 3.8) is 0 Å². The van der Waals surface area contributed by atoms with Crippen molar-refractivity contribution in [1.29, 1.82) is 0 Å². The zero-order valence-corrected chi connectivity index (χ0v) is 19.8. The molecule has 1 aromatic rings. The molecule has 2 rings (SSSR count). The van der Waals surface area contributed by atoms with Crippen molar-refractivity contribution < 1.29 is 0 Å². The van der Waals surface area contributed by atoms with Crippen LogP contribution >= 0.6 is 0 Å². The van der Waals surface area contributed by atoms with E-state index in [1.54, 1.807) is 0 Å². The average Bonchev–Trinajstić information content (AvgIpc) is 2.76. The number of aliphatic imine (C=N–C) groups is 1. The molecule has 1 atom stereocenters. The molecule has 1 aromatic heterocycles. The molecule has 7 nitrogen and oxygen atoms in total. The van der Waals surface area contributed by atoms with Crippen LogP contribution in [0.1, 0.15) is 46.1 Å². The lowest BCUT2D eigenvalue weighted by atomic mass is 10.2. The quantitative estimate of drug-likeness (QED) is 0.426. The monoisotopic (exact) mass is 417 g/mol. The fourth-order valence-corrected chi connectivity index (χ4v) is 3.81. The second-order valence-electron chi connectivity index (χ2n) is 8.19. The van der Waals surface area contributed by atoms with Gasteiger partial charge in [-0.3, -0.25) is 0 Å². The number of hydrogen-bond acceptors (Lipinski definition) is 5. The van der Waals surface area contributed by atoms with Crippen LogP contribution < -0.4 is 15.5 Å². The number of rotatable bonds is 11. The fourth-order valence-electron chi connectivity index (χ4n) is 3.81. The third-order valence-electron chi connectivity index (χ3n) is 5.81. The molecule has 0 saturated carbocycles. The van der Waals surface area contributed by atoms with Gasteiger partial charge in [-0.05, 0) is 59.4 Å². The molecule has 1 fully saturated rings. The van der Waals surface area contributed by atoms with E-state index in [9.17, 15) is 0 Å². The zero-order valence-electron chi connectivity index (χ0n) is 19.8. The topological polar surface area (TPSA) is 59.0 Å². The molecule has 0 aliphatic carbocycles. The first-order chi connectivity index (χ1) is 14.6. The van der Waals surface area contributed by atoms with Crippen LogP contribution in [0.5, 0.6) is 0 Å². The second kappa shape index (κ2) is 13.4. The lowest BCUT2D eigenvalue weighted by molar-refractivity contribution is 0.292. The Labute approximate surface area is 183 Å². The summed E-state index contributed by atoms with van der Waals surface area (Å²) >= 11 is 0. The highest BCUT2D eigenvalue weighted by molar-refractivity contribution is 5.80. The summed E-state index contributed by atoms with van der Waals surface area (Å²) in [5.74, 6) is 1.97. The summed E-state index contributed by atoms with van der Waals surface area (Å²) < 4.78 is 0. The number of likely N-dealkylation sites (N-methyl/N-ethyl adjacent to an activating group) is 1. The van der Waals surface area contributed by atoms with E-state index in [-0.39, 0.29) is 0 Å². The minimum Gasteiger partial charge on any atom is -0.357 e. The van der Waals surface area contributed by atoms with Crippen LogP contribution in [0.15, 0.2) is 23.3 Å². The average molecular weight is 418 g/mol. The molecule has 0 aromatic carbocycles. The predicted octanol–water partition coefficient (Wildman–Crippen LogP) is 2.40.